The van der Waals surface area contributed by atoms with Gasteiger partial charge in [-0.1, -0.05) is 26.0 Å². The fourth-order valence-electron chi connectivity index (χ4n) is 2.33. The number of pyridine rings is 1. The first kappa shape index (κ1) is 19.4. The highest BCUT2D eigenvalue weighted by Gasteiger charge is 2.15. The number of hydrogen-bond donors (Lipinski definition) is 2. The number of rotatable bonds is 8. The van der Waals surface area contributed by atoms with Gasteiger partial charge in [0.05, 0.1) is 17.9 Å². The molecule has 0 fully saturated rings. The molecule has 0 bridgehead atoms. The van der Waals surface area contributed by atoms with Crippen LogP contribution in [0.25, 0.3) is 0 Å². The van der Waals surface area contributed by atoms with E-state index in [0.29, 0.717) is 28.6 Å². The number of nitrogens with zero attached hydrogens (tertiary/aromatic N) is 1. The maximum atomic E-state index is 12.6. The lowest BCUT2D eigenvalue weighted by molar-refractivity contribution is 0.0527. The van der Waals surface area contributed by atoms with Gasteiger partial charge in [-0.3, -0.25) is 4.79 Å². The molecule has 2 N–H and O–H groups in total. The van der Waals surface area contributed by atoms with Crippen LogP contribution in [0, 0.1) is 5.92 Å². The van der Waals surface area contributed by atoms with Gasteiger partial charge in [-0.05, 0) is 43.5 Å². The third-order valence-corrected chi connectivity index (χ3v) is 3.72. The highest BCUT2D eigenvalue weighted by Crippen LogP contribution is 2.18. The van der Waals surface area contributed by atoms with Crippen molar-refractivity contribution >= 4 is 23.4 Å². The van der Waals surface area contributed by atoms with Crippen molar-refractivity contribution in [3.05, 3.63) is 53.7 Å². The number of para-hydroxylation sites is 1. The average molecular weight is 355 g/mol. The second-order valence-electron chi connectivity index (χ2n) is 6.26. The molecule has 0 aliphatic carbocycles. The molecule has 0 saturated heterocycles. The zero-order chi connectivity index (χ0) is 18.9. The Hall–Kier alpha value is -2.89. The summed E-state index contributed by atoms with van der Waals surface area (Å²) in [7, 11) is 0. The first-order valence-electron chi connectivity index (χ1n) is 8.78. The monoisotopic (exact) mass is 355 g/mol. The number of carbonyl (C=O) groups excluding carboxylic acids is 2. The van der Waals surface area contributed by atoms with E-state index in [2.05, 4.69) is 29.5 Å². The summed E-state index contributed by atoms with van der Waals surface area (Å²) in [6.45, 7) is 7.11. The maximum Gasteiger partial charge on any atom is 0.340 e. The first-order valence-corrected chi connectivity index (χ1v) is 8.78. The molecule has 1 aromatic carbocycles. The number of hydrogen-bond acceptors (Lipinski definition) is 5. The Balaban J connectivity index is 2.10. The molecule has 0 aliphatic heterocycles. The lowest BCUT2D eigenvalue weighted by Crippen LogP contribution is -2.16. The molecule has 1 amide bonds. The van der Waals surface area contributed by atoms with E-state index in [1.165, 1.54) is 0 Å². The van der Waals surface area contributed by atoms with E-state index in [1.807, 2.05) is 0 Å². The number of aromatic nitrogens is 1. The summed E-state index contributed by atoms with van der Waals surface area (Å²) in [5, 5.41) is 5.99. The largest absolute Gasteiger partial charge is 0.462 e. The highest BCUT2D eigenvalue weighted by molar-refractivity contribution is 6.08. The van der Waals surface area contributed by atoms with Crippen molar-refractivity contribution in [1.82, 2.24) is 4.98 Å². The molecule has 0 atom stereocenters. The van der Waals surface area contributed by atoms with Crippen LogP contribution in [0.5, 0.6) is 0 Å². The summed E-state index contributed by atoms with van der Waals surface area (Å²) in [6.07, 6.45) is 2.61. The van der Waals surface area contributed by atoms with E-state index < -0.39 is 5.97 Å². The Morgan fingerprint density at radius 3 is 2.69 bits per heavy atom. The Kier molecular flexibility index (Phi) is 7.14. The molecular formula is C20H25N3O3. The van der Waals surface area contributed by atoms with E-state index >= 15 is 0 Å². The number of ether oxygens (including phenoxy) is 1. The molecule has 1 aromatic heterocycles. The van der Waals surface area contributed by atoms with Gasteiger partial charge in [-0.25, -0.2) is 9.78 Å². The summed E-state index contributed by atoms with van der Waals surface area (Å²) in [5.74, 6) is 0.468. The van der Waals surface area contributed by atoms with Crippen molar-refractivity contribution in [1.29, 1.82) is 0 Å². The van der Waals surface area contributed by atoms with E-state index in [9.17, 15) is 9.59 Å². The minimum atomic E-state index is -0.464. The summed E-state index contributed by atoms with van der Waals surface area (Å²) >= 11 is 0. The molecule has 26 heavy (non-hydrogen) atoms. The Labute approximate surface area is 154 Å². The molecular weight excluding hydrogens is 330 g/mol. The number of anilines is 2. The predicted molar refractivity (Wildman–Crippen MR) is 103 cm³/mol. The second-order valence-corrected chi connectivity index (χ2v) is 6.26. The normalized spacial score (nSPS) is 10.5. The van der Waals surface area contributed by atoms with E-state index in [4.69, 9.17) is 4.74 Å². The van der Waals surface area contributed by atoms with Crippen molar-refractivity contribution < 1.29 is 14.3 Å². The molecule has 0 radical (unpaired) electrons. The molecule has 1 heterocycles. The Bertz CT molecular complexity index is 759. The fraction of sp³-hybridized carbons (Fsp3) is 0.350. The van der Waals surface area contributed by atoms with Gasteiger partial charge in [0, 0.05) is 18.3 Å². The SMILES string of the molecule is CCOC(=O)c1ccccc1NC(=O)c1ccnc(NCCC(C)C)c1. The van der Waals surface area contributed by atoms with Crippen molar-refractivity contribution in [3.63, 3.8) is 0 Å². The van der Waals surface area contributed by atoms with Crippen LogP contribution >= 0.6 is 0 Å². The molecule has 0 aliphatic rings. The Morgan fingerprint density at radius 1 is 1.19 bits per heavy atom. The smallest absolute Gasteiger partial charge is 0.340 e. The van der Waals surface area contributed by atoms with Crippen LogP contribution in [0.15, 0.2) is 42.6 Å². The van der Waals surface area contributed by atoms with Crippen molar-refractivity contribution in [3.8, 4) is 0 Å². The number of carbonyl (C=O) groups is 2. The van der Waals surface area contributed by atoms with Gasteiger partial charge in [-0.15, -0.1) is 0 Å². The van der Waals surface area contributed by atoms with Crippen molar-refractivity contribution in [2.75, 3.05) is 23.8 Å². The minimum Gasteiger partial charge on any atom is -0.462 e. The summed E-state index contributed by atoms with van der Waals surface area (Å²) < 4.78 is 5.03. The number of nitrogens with one attached hydrogen (secondary N) is 2. The van der Waals surface area contributed by atoms with Gasteiger partial charge in [0.15, 0.2) is 0 Å². The molecule has 6 heteroatoms. The number of esters is 1. The molecule has 0 unspecified atom stereocenters. The van der Waals surface area contributed by atoms with E-state index in [1.54, 1.807) is 49.5 Å². The van der Waals surface area contributed by atoms with Gasteiger partial charge in [0.25, 0.3) is 5.91 Å². The topological polar surface area (TPSA) is 80.3 Å². The molecule has 2 aromatic rings. The van der Waals surface area contributed by atoms with Gasteiger partial charge in [-0.2, -0.15) is 0 Å². The quantitative estimate of drug-likeness (QED) is 0.700. The summed E-state index contributed by atoms with van der Waals surface area (Å²) in [6, 6.07) is 10.1. The van der Waals surface area contributed by atoms with Crippen LogP contribution in [0.3, 0.4) is 0 Å². The molecule has 6 nitrogen and oxygen atoms in total. The van der Waals surface area contributed by atoms with Gasteiger partial charge in [0.1, 0.15) is 5.82 Å². The third kappa shape index (κ3) is 5.58. The number of benzene rings is 1. The first-order chi connectivity index (χ1) is 12.5. The Morgan fingerprint density at radius 2 is 1.96 bits per heavy atom. The second kappa shape index (κ2) is 9.56. The van der Waals surface area contributed by atoms with Crippen LogP contribution < -0.4 is 10.6 Å². The average Bonchev–Trinajstić information content (AvgIpc) is 2.62. The zero-order valence-electron chi connectivity index (χ0n) is 15.4. The zero-order valence-corrected chi connectivity index (χ0v) is 15.4. The fourth-order valence-corrected chi connectivity index (χ4v) is 2.33. The number of amides is 1. The van der Waals surface area contributed by atoms with Gasteiger partial charge >= 0.3 is 5.97 Å². The molecule has 2 rings (SSSR count). The van der Waals surface area contributed by atoms with Crippen LogP contribution in [0.1, 0.15) is 47.9 Å². The minimum absolute atomic E-state index is 0.275. The summed E-state index contributed by atoms with van der Waals surface area (Å²) in [4.78, 5) is 28.8. The predicted octanol–water partition coefficient (Wildman–Crippen LogP) is 3.97. The maximum absolute atomic E-state index is 12.6. The van der Waals surface area contributed by atoms with Crippen molar-refractivity contribution in [2.24, 2.45) is 5.92 Å². The van der Waals surface area contributed by atoms with Crippen LogP contribution in [-0.4, -0.2) is 30.0 Å². The standard InChI is InChI=1S/C20H25N3O3/c1-4-26-20(25)16-7-5-6-8-17(16)23-19(24)15-10-12-22-18(13-15)21-11-9-14(2)3/h5-8,10,12-14H,4,9,11H2,1-3H3,(H,21,22)(H,23,24). The molecule has 0 saturated carbocycles. The van der Waals surface area contributed by atoms with Crippen LogP contribution in [0.4, 0.5) is 11.5 Å². The van der Waals surface area contributed by atoms with E-state index in [0.717, 1.165) is 13.0 Å². The van der Waals surface area contributed by atoms with Gasteiger partial charge < -0.3 is 15.4 Å². The molecule has 0 spiro atoms. The lowest BCUT2D eigenvalue weighted by atomic mass is 10.1. The summed E-state index contributed by atoms with van der Waals surface area (Å²) in [5.41, 5.74) is 1.21. The highest BCUT2D eigenvalue weighted by atomic mass is 16.5. The van der Waals surface area contributed by atoms with Gasteiger partial charge in [0.2, 0.25) is 0 Å². The van der Waals surface area contributed by atoms with E-state index in [-0.39, 0.29) is 12.5 Å². The third-order valence-electron chi connectivity index (χ3n) is 3.72. The lowest BCUT2D eigenvalue weighted by Gasteiger charge is -2.11. The van der Waals surface area contributed by atoms with Crippen LogP contribution in [0.2, 0.25) is 0 Å². The molecule has 138 valence electrons. The van der Waals surface area contributed by atoms with Crippen LogP contribution in [-0.2, 0) is 4.74 Å². The van der Waals surface area contributed by atoms with Crippen molar-refractivity contribution in [2.45, 2.75) is 27.2 Å².